The van der Waals surface area contributed by atoms with E-state index in [4.69, 9.17) is 5.26 Å². The normalized spacial score (nSPS) is 17.7. The van der Waals surface area contributed by atoms with Gasteiger partial charge in [0.1, 0.15) is 0 Å². The maximum atomic E-state index is 9.05. The van der Waals surface area contributed by atoms with Crippen LogP contribution in [-0.2, 0) is 0 Å². The Morgan fingerprint density at radius 2 is 2.16 bits per heavy atom. The molecule has 1 aromatic carbocycles. The fourth-order valence-corrected chi connectivity index (χ4v) is 4.02. The first-order valence-electron chi connectivity index (χ1n) is 6.95. The highest BCUT2D eigenvalue weighted by Crippen LogP contribution is 2.37. The molecule has 0 bridgehead atoms. The highest BCUT2D eigenvalue weighted by molar-refractivity contribution is 7.17. The van der Waals surface area contributed by atoms with Gasteiger partial charge in [0.2, 0.25) is 0 Å². The van der Waals surface area contributed by atoms with Gasteiger partial charge in [-0.2, -0.15) is 5.26 Å². The molecule has 3 heteroatoms. The van der Waals surface area contributed by atoms with Crippen LogP contribution in [0.2, 0.25) is 0 Å². The number of nitrogens with zero attached hydrogens (tertiary/aromatic N) is 2. The summed E-state index contributed by atoms with van der Waals surface area (Å²) in [5.41, 5.74) is 2.24. The first-order chi connectivity index (χ1) is 9.31. The molecule has 0 saturated carbocycles. The molecule has 98 valence electrons. The molecule has 3 rings (SSSR count). The predicted molar refractivity (Wildman–Crippen MR) is 80.6 cm³/mol. The number of rotatable bonds is 2. The maximum absolute atomic E-state index is 9.05. The maximum Gasteiger partial charge on any atom is 0.0991 e. The minimum absolute atomic E-state index is 0.672. The van der Waals surface area contributed by atoms with Gasteiger partial charge in [-0.3, -0.25) is 0 Å². The smallest absolute Gasteiger partial charge is 0.0991 e. The minimum Gasteiger partial charge on any atom is -0.304 e. The lowest BCUT2D eigenvalue weighted by molar-refractivity contribution is 0.223. The van der Waals surface area contributed by atoms with Crippen LogP contribution in [0.4, 0.5) is 0 Å². The first kappa shape index (κ1) is 12.7. The van der Waals surface area contributed by atoms with Crippen molar-refractivity contribution in [3.05, 3.63) is 34.7 Å². The summed E-state index contributed by atoms with van der Waals surface area (Å²) in [6.07, 6.45) is 2.49. The standard InChI is InChI=1S/C16H18N2S/c1-2-18-7-5-13(6-8-18)15-11-19-16-4-3-12(10-17)9-14(15)16/h3-4,9,11,13H,2,5-8H2,1H3. The zero-order chi connectivity index (χ0) is 13.2. The summed E-state index contributed by atoms with van der Waals surface area (Å²) < 4.78 is 1.31. The summed E-state index contributed by atoms with van der Waals surface area (Å²) in [6, 6.07) is 8.32. The third-order valence-electron chi connectivity index (χ3n) is 4.21. The van der Waals surface area contributed by atoms with Gasteiger partial charge in [0.05, 0.1) is 11.6 Å². The molecule has 2 nitrogen and oxygen atoms in total. The van der Waals surface area contributed by atoms with E-state index in [9.17, 15) is 0 Å². The molecule has 0 N–H and O–H groups in total. The molecule has 19 heavy (non-hydrogen) atoms. The number of benzene rings is 1. The third kappa shape index (κ3) is 2.39. The molecule has 2 aromatic rings. The minimum atomic E-state index is 0.672. The molecule has 2 heterocycles. The molecule has 0 unspecified atom stereocenters. The number of hydrogen-bond donors (Lipinski definition) is 0. The van der Waals surface area contributed by atoms with E-state index in [2.05, 4.69) is 35.4 Å². The van der Waals surface area contributed by atoms with Gasteiger partial charge in [-0.25, -0.2) is 0 Å². The molecular weight excluding hydrogens is 252 g/mol. The number of hydrogen-bond acceptors (Lipinski definition) is 3. The fourth-order valence-electron chi connectivity index (χ4n) is 2.99. The van der Waals surface area contributed by atoms with Crippen molar-refractivity contribution in [3.8, 4) is 6.07 Å². The van der Waals surface area contributed by atoms with E-state index in [1.165, 1.54) is 41.6 Å². The Hall–Kier alpha value is -1.37. The summed E-state index contributed by atoms with van der Waals surface area (Å²) >= 11 is 1.81. The highest BCUT2D eigenvalue weighted by Gasteiger charge is 2.22. The number of piperidine rings is 1. The van der Waals surface area contributed by atoms with Crippen LogP contribution in [0, 0.1) is 11.3 Å². The molecule has 1 aliphatic heterocycles. The van der Waals surface area contributed by atoms with Gasteiger partial charge >= 0.3 is 0 Å². The molecule has 0 radical (unpaired) electrons. The van der Waals surface area contributed by atoms with Gasteiger partial charge in [-0.1, -0.05) is 6.92 Å². The van der Waals surface area contributed by atoms with Crippen LogP contribution in [-0.4, -0.2) is 24.5 Å². The number of thiophene rings is 1. The van der Waals surface area contributed by atoms with Crippen LogP contribution in [0.1, 0.15) is 36.8 Å². The summed E-state index contributed by atoms with van der Waals surface area (Å²) in [4.78, 5) is 2.52. The topological polar surface area (TPSA) is 27.0 Å². The molecule has 0 aliphatic carbocycles. The molecule has 0 amide bonds. The molecular formula is C16H18N2S. The molecule has 1 saturated heterocycles. The quantitative estimate of drug-likeness (QED) is 0.825. The number of fused-ring (bicyclic) bond motifs is 1. The van der Waals surface area contributed by atoms with Crippen LogP contribution < -0.4 is 0 Å². The SMILES string of the molecule is CCN1CCC(c2csc3ccc(C#N)cc23)CC1. The monoisotopic (exact) mass is 270 g/mol. The van der Waals surface area contributed by atoms with Crippen molar-refractivity contribution in [2.75, 3.05) is 19.6 Å². The van der Waals surface area contributed by atoms with Crippen molar-refractivity contribution >= 4 is 21.4 Å². The lowest BCUT2D eigenvalue weighted by Crippen LogP contribution is -2.32. The molecule has 0 spiro atoms. The van der Waals surface area contributed by atoms with Crippen LogP contribution >= 0.6 is 11.3 Å². The van der Waals surface area contributed by atoms with Crippen LogP contribution in [0.5, 0.6) is 0 Å². The van der Waals surface area contributed by atoms with Crippen molar-refractivity contribution in [2.24, 2.45) is 0 Å². The van der Waals surface area contributed by atoms with Gasteiger partial charge in [0, 0.05) is 4.70 Å². The zero-order valence-corrected chi connectivity index (χ0v) is 12.0. The van der Waals surface area contributed by atoms with Gasteiger partial charge in [0.25, 0.3) is 0 Å². The Morgan fingerprint density at radius 1 is 1.37 bits per heavy atom. The summed E-state index contributed by atoms with van der Waals surface area (Å²) in [5.74, 6) is 0.672. The molecule has 1 fully saturated rings. The van der Waals surface area contributed by atoms with Crippen LogP contribution in [0.25, 0.3) is 10.1 Å². The van der Waals surface area contributed by atoms with E-state index in [1.807, 2.05) is 17.4 Å². The second-order valence-corrected chi connectivity index (χ2v) is 6.13. The van der Waals surface area contributed by atoms with Crippen molar-refractivity contribution in [3.63, 3.8) is 0 Å². The van der Waals surface area contributed by atoms with Gasteiger partial charge in [0.15, 0.2) is 0 Å². The second-order valence-electron chi connectivity index (χ2n) is 5.22. The Labute approximate surface area is 118 Å². The first-order valence-corrected chi connectivity index (χ1v) is 7.83. The third-order valence-corrected chi connectivity index (χ3v) is 5.19. The second kappa shape index (κ2) is 5.32. The van der Waals surface area contributed by atoms with Crippen molar-refractivity contribution in [2.45, 2.75) is 25.7 Å². The van der Waals surface area contributed by atoms with Crippen LogP contribution in [0.3, 0.4) is 0 Å². The fraction of sp³-hybridized carbons (Fsp3) is 0.438. The Kier molecular flexibility index (Phi) is 3.54. The summed E-state index contributed by atoms with van der Waals surface area (Å²) in [6.45, 7) is 5.81. The Morgan fingerprint density at radius 3 is 2.84 bits per heavy atom. The highest BCUT2D eigenvalue weighted by atomic mass is 32.1. The average Bonchev–Trinajstić information content (AvgIpc) is 2.90. The van der Waals surface area contributed by atoms with E-state index in [1.54, 1.807) is 0 Å². The Balaban J connectivity index is 1.91. The number of nitriles is 1. The van der Waals surface area contributed by atoms with Gasteiger partial charge in [-0.05, 0) is 72.9 Å². The zero-order valence-electron chi connectivity index (χ0n) is 11.2. The van der Waals surface area contributed by atoms with Gasteiger partial charge in [-0.15, -0.1) is 11.3 Å². The molecule has 0 atom stereocenters. The van der Waals surface area contributed by atoms with Crippen molar-refractivity contribution in [1.29, 1.82) is 5.26 Å². The van der Waals surface area contributed by atoms with E-state index in [-0.39, 0.29) is 0 Å². The van der Waals surface area contributed by atoms with E-state index in [0.29, 0.717) is 5.92 Å². The lowest BCUT2D eigenvalue weighted by atomic mass is 9.89. The van der Waals surface area contributed by atoms with Crippen molar-refractivity contribution in [1.82, 2.24) is 4.90 Å². The molecule has 1 aliphatic rings. The molecule has 1 aromatic heterocycles. The van der Waals surface area contributed by atoms with E-state index >= 15 is 0 Å². The Bertz CT molecular complexity index is 615. The van der Waals surface area contributed by atoms with E-state index < -0.39 is 0 Å². The van der Waals surface area contributed by atoms with Crippen LogP contribution in [0.15, 0.2) is 23.6 Å². The largest absolute Gasteiger partial charge is 0.304 e. The number of likely N-dealkylation sites (tertiary alicyclic amines) is 1. The van der Waals surface area contributed by atoms with E-state index in [0.717, 1.165) is 12.1 Å². The van der Waals surface area contributed by atoms with Gasteiger partial charge < -0.3 is 4.90 Å². The lowest BCUT2D eigenvalue weighted by Gasteiger charge is -2.31. The van der Waals surface area contributed by atoms with Crippen molar-refractivity contribution < 1.29 is 0 Å². The average molecular weight is 270 g/mol. The predicted octanol–water partition coefficient (Wildman–Crippen LogP) is 3.97. The summed E-state index contributed by atoms with van der Waals surface area (Å²) in [7, 11) is 0. The summed E-state index contributed by atoms with van der Waals surface area (Å²) in [5, 5.41) is 12.7.